The normalized spacial score (nSPS) is 13.2. The summed E-state index contributed by atoms with van der Waals surface area (Å²) in [5.74, 6) is -0.668. The maximum absolute atomic E-state index is 13.8. The van der Waals surface area contributed by atoms with Gasteiger partial charge in [0.25, 0.3) is 0 Å². The Morgan fingerprint density at radius 3 is 2.11 bits per heavy atom. The first-order valence-corrected chi connectivity index (χ1v) is 14.5. The lowest BCUT2D eigenvalue weighted by atomic mass is 10.0. The summed E-state index contributed by atoms with van der Waals surface area (Å²) < 4.78 is 26.9. The minimum absolute atomic E-state index is 0.0513. The van der Waals surface area contributed by atoms with Crippen molar-refractivity contribution in [1.29, 1.82) is 0 Å². The molecule has 7 nitrogen and oxygen atoms in total. The van der Waals surface area contributed by atoms with Gasteiger partial charge in [0.05, 0.1) is 11.9 Å². The Morgan fingerprint density at radius 2 is 1.58 bits per heavy atom. The van der Waals surface area contributed by atoms with Crippen molar-refractivity contribution in [3.63, 3.8) is 0 Å². The molecule has 2 atom stereocenters. The summed E-state index contributed by atoms with van der Waals surface area (Å²) in [6.45, 7) is 9.39. The van der Waals surface area contributed by atoms with Crippen molar-refractivity contribution in [1.82, 2.24) is 10.2 Å². The number of rotatable bonds is 12. The zero-order valence-electron chi connectivity index (χ0n) is 22.0. The highest BCUT2D eigenvalue weighted by molar-refractivity contribution is 7.92. The molecular weight excluding hydrogens is 498 g/mol. The second-order valence-corrected chi connectivity index (χ2v) is 11.7. The van der Waals surface area contributed by atoms with Gasteiger partial charge in [0.1, 0.15) is 12.6 Å². The van der Waals surface area contributed by atoms with Gasteiger partial charge in [0, 0.05) is 17.6 Å². The number of anilines is 1. The monoisotopic (exact) mass is 535 g/mol. The molecule has 9 heteroatoms. The molecule has 0 unspecified atom stereocenters. The molecule has 198 valence electrons. The fourth-order valence-electron chi connectivity index (χ4n) is 3.94. The Hall–Kier alpha value is -2.58. The number of para-hydroxylation sites is 1. The summed E-state index contributed by atoms with van der Waals surface area (Å²) in [6.07, 6.45) is 2.22. The van der Waals surface area contributed by atoms with E-state index in [1.165, 1.54) is 4.90 Å². The van der Waals surface area contributed by atoms with E-state index in [-0.39, 0.29) is 24.4 Å². The van der Waals surface area contributed by atoms with Crippen LogP contribution in [-0.4, -0.2) is 50.0 Å². The smallest absolute Gasteiger partial charge is 0.244 e. The molecule has 0 bridgehead atoms. The Bertz CT molecular complexity index is 1140. The van der Waals surface area contributed by atoms with Crippen LogP contribution in [0.15, 0.2) is 48.5 Å². The molecule has 2 amide bonds. The van der Waals surface area contributed by atoms with Crippen molar-refractivity contribution >= 4 is 39.1 Å². The highest BCUT2D eigenvalue weighted by Crippen LogP contribution is 2.29. The van der Waals surface area contributed by atoms with E-state index in [1.54, 1.807) is 36.4 Å². The summed E-state index contributed by atoms with van der Waals surface area (Å²) in [5, 5.41) is 3.53. The molecule has 1 N–H and O–H groups in total. The zero-order chi connectivity index (χ0) is 27.0. The van der Waals surface area contributed by atoms with Crippen molar-refractivity contribution in [2.45, 2.75) is 72.0 Å². The van der Waals surface area contributed by atoms with Crippen molar-refractivity contribution < 1.29 is 18.0 Å². The maximum Gasteiger partial charge on any atom is 0.244 e. The molecule has 0 aliphatic heterocycles. The van der Waals surface area contributed by atoms with Crippen LogP contribution in [0.2, 0.25) is 5.02 Å². The molecule has 2 aromatic rings. The predicted molar refractivity (Wildman–Crippen MR) is 147 cm³/mol. The summed E-state index contributed by atoms with van der Waals surface area (Å²) in [6, 6.07) is 13.4. The van der Waals surface area contributed by atoms with E-state index in [4.69, 9.17) is 11.6 Å². The van der Waals surface area contributed by atoms with Gasteiger partial charge in [-0.1, -0.05) is 69.6 Å². The van der Waals surface area contributed by atoms with Crippen LogP contribution < -0.4 is 9.62 Å². The molecule has 2 rings (SSSR count). The van der Waals surface area contributed by atoms with Gasteiger partial charge in [0.2, 0.25) is 21.8 Å². The van der Waals surface area contributed by atoms with Crippen LogP contribution >= 0.6 is 11.6 Å². The van der Waals surface area contributed by atoms with Gasteiger partial charge in [-0.25, -0.2) is 8.42 Å². The third kappa shape index (κ3) is 7.96. The number of sulfonamides is 1. The molecule has 36 heavy (non-hydrogen) atoms. The Labute approximate surface area is 220 Å². The second kappa shape index (κ2) is 13.1. The van der Waals surface area contributed by atoms with Gasteiger partial charge in [-0.05, 0) is 55.0 Å². The van der Waals surface area contributed by atoms with Crippen LogP contribution in [0.25, 0.3) is 0 Å². The quantitative estimate of drug-likeness (QED) is 0.416. The predicted octanol–water partition coefficient (Wildman–Crippen LogP) is 4.95. The van der Waals surface area contributed by atoms with E-state index >= 15 is 0 Å². The lowest BCUT2D eigenvalue weighted by Crippen LogP contribution is -2.53. The van der Waals surface area contributed by atoms with Gasteiger partial charge in [-0.3, -0.25) is 13.9 Å². The fraction of sp³-hybridized carbons (Fsp3) is 0.481. The summed E-state index contributed by atoms with van der Waals surface area (Å²) >= 11 is 6.03. The second-order valence-electron chi connectivity index (χ2n) is 9.37. The molecule has 0 aromatic heterocycles. The van der Waals surface area contributed by atoms with Crippen LogP contribution in [0, 0.1) is 0 Å². The van der Waals surface area contributed by atoms with Gasteiger partial charge in [-0.2, -0.15) is 0 Å². The summed E-state index contributed by atoms with van der Waals surface area (Å²) in [5.41, 5.74) is 2.07. The van der Waals surface area contributed by atoms with Gasteiger partial charge < -0.3 is 10.2 Å². The summed E-state index contributed by atoms with van der Waals surface area (Å²) in [7, 11) is -3.79. The topological polar surface area (TPSA) is 86.8 Å². The Kier molecular flexibility index (Phi) is 10.8. The number of halogens is 1. The molecule has 0 radical (unpaired) electrons. The molecule has 0 saturated carbocycles. The highest BCUT2D eigenvalue weighted by atomic mass is 35.5. The van der Waals surface area contributed by atoms with E-state index < -0.39 is 28.5 Å². The standard InChI is InChI=1S/C27H38ClN3O4S/c1-7-20(5)29-27(33)24(8-2)30(17-21-13-15-22(28)16-14-21)26(32)18-31(36(6,34)35)25-12-10-9-11-23(25)19(3)4/h9-16,19-20,24H,7-8,17-18H2,1-6H3,(H,29,33)/t20-,24+/m1/s1. The molecule has 0 spiro atoms. The van der Waals surface area contributed by atoms with E-state index in [1.807, 2.05) is 46.8 Å². The zero-order valence-corrected chi connectivity index (χ0v) is 23.6. The number of hydrogen-bond donors (Lipinski definition) is 1. The minimum atomic E-state index is -3.79. The average Bonchev–Trinajstić information content (AvgIpc) is 2.82. The molecule has 2 aromatic carbocycles. The number of benzene rings is 2. The van der Waals surface area contributed by atoms with E-state index in [2.05, 4.69) is 5.32 Å². The van der Waals surface area contributed by atoms with Crippen molar-refractivity contribution in [3.8, 4) is 0 Å². The molecule has 0 heterocycles. The van der Waals surface area contributed by atoms with E-state index in [0.717, 1.165) is 28.1 Å². The number of nitrogens with zero attached hydrogens (tertiary/aromatic N) is 2. The molecule has 0 saturated heterocycles. The highest BCUT2D eigenvalue weighted by Gasteiger charge is 2.32. The van der Waals surface area contributed by atoms with Crippen LogP contribution in [0.3, 0.4) is 0 Å². The number of carbonyl (C=O) groups excluding carboxylic acids is 2. The average molecular weight is 536 g/mol. The lowest BCUT2D eigenvalue weighted by molar-refractivity contribution is -0.140. The fourth-order valence-corrected chi connectivity index (χ4v) is 4.94. The first-order chi connectivity index (χ1) is 16.9. The minimum Gasteiger partial charge on any atom is -0.352 e. The number of carbonyl (C=O) groups is 2. The van der Waals surface area contributed by atoms with Gasteiger partial charge in [-0.15, -0.1) is 0 Å². The van der Waals surface area contributed by atoms with Gasteiger partial charge >= 0.3 is 0 Å². The number of amides is 2. The largest absolute Gasteiger partial charge is 0.352 e. The number of nitrogens with one attached hydrogen (secondary N) is 1. The molecule has 0 aliphatic carbocycles. The van der Waals surface area contributed by atoms with Crippen molar-refractivity contribution in [3.05, 3.63) is 64.7 Å². The molecule has 0 aliphatic rings. The number of hydrogen-bond acceptors (Lipinski definition) is 4. The van der Waals surface area contributed by atoms with Crippen LogP contribution in [-0.2, 0) is 26.2 Å². The van der Waals surface area contributed by atoms with Crippen molar-refractivity contribution in [2.75, 3.05) is 17.1 Å². The molecule has 0 fully saturated rings. The molecular formula is C27H38ClN3O4S. The van der Waals surface area contributed by atoms with Crippen LogP contribution in [0.4, 0.5) is 5.69 Å². The third-order valence-corrected chi connectivity index (χ3v) is 7.54. The van der Waals surface area contributed by atoms with Crippen LogP contribution in [0.5, 0.6) is 0 Å². The SMILES string of the molecule is CC[C@@H](C)NC(=O)[C@H](CC)N(Cc1ccc(Cl)cc1)C(=O)CN(c1ccccc1C(C)C)S(C)(=O)=O. The Balaban J connectivity index is 2.49. The first-order valence-electron chi connectivity index (χ1n) is 12.3. The Morgan fingerprint density at radius 1 is 0.972 bits per heavy atom. The first kappa shape index (κ1) is 29.6. The lowest BCUT2D eigenvalue weighted by Gasteiger charge is -2.34. The van der Waals surface area contributed by atoms with Gasteiger partial charge in [0.15, 0.2) is 0 Å². The van der Waals surface area contributed by atoms with E-state index in [0.29, 0.717) is 17.1 Å². The van der Waals surface area contributed by atoms with Crippen LogP contribution in [0.1, 0.15) is 64.5 Å². The maximum atomic E-state index is 13.8. The van der Waals surface area contributed by atoms with Crippen molar-refractivity contribution in [2.24, 2.45) is 0 Å². The summed E-state index contributed by atoms with van der Waals surface area (Å²) in [4.78, 5) is 28.4. The van der Waals surface area contributed by atoms with E-state index in [9.17, 15) is 18.0 Å². The third-order valence-electron chi connectivity index (χ3n) is 6.16.